The van der Waals surface area contributed by atoms with Gasteiger partial charge in [-0.2, -0.15) is 0 Å². The third-order valence-electron chi connectivity index (χ3n) is 5.85. The van der Waals surface area contributed by atoms with Crippen LogP contribution < -0.4 is 10.2 Å². The Hall–Kier alpha value is -2.12. The summed E-state index contributed by atoms with van der Waals surface area (Å²) in [6, 6.07) is 10.2. The molecule has 7 heteroatoms. The summed E-state index contributed by atoms with van der Waals surface area (Å²) in [6.07, 6.45) is 9.09. The predicted octanol–water partition coefficient (Wildman–Crippen LogP) is 3.45. The largest absolute Gasteiger partial charge is 0.356 e. The van der Waals surface area contributed by atoms with E-state index >= 15 is 0 Å². The minimum absolute atomic E-state index is 0.0159. The van der Waals surface area contributed by atoms with Crippen LogP contribution in [0.3, 0.4) is 0 Å². The van der Waals surface area contributed by atoms with Crippen molar-refractivity contribution >= 4 is 23.5 Å². The van der Waals surface area contributed by atoms with E-state index in [-0.39, 0.29) is 11.8 Å². The summed E-state index contributed by atoms with van der Waals surface area (Å²) in [5.74, 6) is 1.09. The number of anilines is 1. The Morgan fingerprint density at radius 2 is 1.87 bits per heavy atom. The van der Waals surface area contributed by atoms with Crippen molar-refractivity contribution in [3.63, 3.8) is 0 Å². The molecule has 0 bridgehead atoms. The summed E-state index contributed by atoms with van der Waals surface area (Å²) in [5, 5.41) is 4.07. The summed E-state index contributed by atoms with van der Waals surface area (Å²) in [6.45, 7) is 5.92. The van der Waals surface area contributed by atoms with Crippen molar-refractivity contribution in [2.45, 2.75) is 42.0 Å². The van der Waals surface area contributed by atoms with Gasteiger partial charge >= 0.3 is 0 Å². The average Bonchev–Trinajstić information content (AvgIpc) is 3.31. The number of amides is 1. The molecule has 0 spiro atoms. The van der Waals surface area contributed by atoms with E-state index in [9.17, 15) is 4.79 Å². The molecule has 2 fully saturated rings. The van der Waals surface area contributed by atoms with Gasteiger partial charge in [-0.3, -0.25) is 4.79 Å². The molecule has 160 valence electrons. The molecule has 0 aliphatic carbocycles. The van der Waals surface area contributed by atoms with Crippen LogP contribution >= 0.6 is 11.8 Å². The zero-order valence-corrected chi connectivity index (χ0v) is 18.3. The van der Waals surface area contributed by atoms with Crippen molar-refractivity contribution in [2.24, 2.45) is 5.92 Å². The second-order valence-corrected chi connectivity index (χ2v) is 9.14. The molecule has 1 atom stereocenters. The van der Waals surface area contributed by atoms with E-state index in [4.69, 9.17) is 0 Å². The molecule has 1 N–H and O–H groups in total. The van der Waals surface area contributed by atoms with Crippen LogP contribution in [0.5, 0.6) is 0 Å². The minimum Gasteiger partial charge on any atom is -0.356 e. The second-order valence-electron chi connectivity index (χ2n) is 8.08. The van der Waals surface area contributed by atoms with Gasteiger partial charge in [0.15, 0.2) is 5.82 Å². The number of aromatic nitrogens is 2. The van der Waals surface area contributed by atoms with E-state index in [1.54, 1.807) is 24.2 Å². The molecule has 0 radical (unpaired) electrons. The first-order chi connectivity index (χ1) is 14.8. The zero-order valence-electron chi connectivity index (χ0n) is 17.5. The Kier molecular flexibility index (Phi) is 7.59. The number of carbonyl (C=O) groups is 1. The van der Waals surface area contributed by atoms with E-state index in [0.717, 1.165) is 54.6 Å². The first-order valence-electron chi connectivity index (χ1n) is 11.1. The quantitative estimate of drug-likeness (QED) is 0.654. The fourth-order valence-corrected chi connectivity index (χ4v) is 5.16. The van der Waals surface area contributed by atoms with Gasteiger partial charge in [0.1, 0.15) is 5.03 Å². The molecule has 0 saturated carbocycles. The topological polar surface area (TPSA) is 61.4 Å². The SMILES string of the molecule is O=C(NCCCN1CCCC1)[C@@H]1CCCN(c2nccnc2Sc2ccccc2)C1. The summed E-state index contributed by atoms with van der Waals surface area (Å²) in [5.41, 5.74) is 0. The van der Waals surface area contributed by atoms with Crippen LogP contribution in [0.25, 0.3) is 0 Å². The van der Waals surface area contributed by atoms with Crippen LogP contribution in [-0.2, 0) is 4.79 Å². The molecule has 4 rings (SSSR count). The van der Waals surface area contributed by atoms with Crippen molar-refractivity contribution in [1.82, 2.24) is 20.2 Å². The van der Waals surface area contributed by atoms with Gasteiger partial charge in [0, 0.05) is 36.9 Å². The first kappa shape index (κ1) is 21.1. The molecule has 1 amide bonds. The molecule has 6 nitrogen and oxygen atoms in total. The van der Waals surface area contributed by atoms with Gasteiger partial charge in [-0.05, 0) is 63.9 Å². The number of nitrogens with zero attached hydrogens (tertiary/aromatic N) is 4. The number of hydrogen-bond donors (Lipinski definition) is 1. The van der Waals surface area contributed by atoms with Gasteiger partial charge in [0.05, 0.1) is 5.92 Å². The Balaban J connectivity index is 1.31. The summed E-state index contributed by atoms with van der Waals surface area (Å²) in [7, 11) is 0. The molecule has 1 aromatic carbocycles. The maximum Gasteiger partial charge on any atom is 0.224 e. The first-order valence-corrected chi connectivity index (χ1v) is 11.9. The molecule has 2 aliphatic rings. The summed E-state index contributed by atoms with van der Waals surface area (Å²) < 4.78 is 0. The van der Waals surface area contributed by atoms with Gasteiger partial charge in [-0.1, -0.05) is 30.0 Å². The van der Waals surface area contributed by atoms with Gasteiger partial charge in [-0.15, -0.1) is 0 Å². The molecule has 1 aromatic heterocycles. The highest BCUT2D eigenvalue weighted by Gasteiger charge is 2.28. The van der Waals surface area contributed by atoms with Crippen LogP contribution in [0.4, 0.5) is 5.82 Å². The van der Waals surface area contributed by atoms with Crippen molar-refractivity contribution < 1.29 is 4.79 Å². The predicted molar refractivity (Wildman–Crippen MR) is 121 cm³/mol. The number of likely N-dealkylation sites (tertiary alicyclic amines) is 1. The summed E-state index contributed by atoms with van der Waals surface area (Å²) in [4.78, 5) is 27.8. The lowest BCUT2D eigenvalue weighted by Gasteiger charge is -2.33. The van der Waals surface area contributed by atoms with Crippen LogP contribution in [-0.4, -0.2) is 60.0 Å². The maximum atomic E-state index is 12.8. The number of carbonyl (C=O) groups excluding carboxylic acids is 1. The van der Waals surface area contributed by atoms with Crippen LogP contribution in [0.1, 0.15) is 32.1 Å². The van der Waals surface area contributed by atoms with E-state index in [1.807, 2.05) is 18.2 Å². The monoisotopic (exact) mass is 425 g/mol. The molecule has 2 aliphatic heterocycles. The lowest BCUT2D eigenvalue weighted by molar-refractivity contribution is -0.125. The molecule has 2 aromatic rings. The Morgan fingerprint density at radius 1 is 1.07 bits per heavy atom. The fraction of sp³-hybridized carbons (Fsp3) is 0.522. The molecule has 0 unspecified atom stereocenters. The van der Waals surface area contributed by atoms with Crippen molar-refractivity contribution in [2.75, 3.05) is 44.2 Å². The third-order valence-corrected chi connectivity index (χ3v) is 6.83. The highest BCUT2D eigenvalue weighted by atomic mass is 32.2. The van der Waals surface area contributed by atoms with E-state index in [1.165, 1.54) is 25.9 Å². The number of nitrogens with one attached hydrogen (secondary N) is 1. The normalized spacial score (nSPS) is 19.7. The number of rotatable bonds is 8. The van der Waals surface area contributed by atoms with E-state index in [0.29, 0.717) is 6.54 Å². The standard InChI is InChI=1S/C23H31N5OS/c29-22(25-11-7-16-27-14-4-5-15-27)19-8-6-17-28(18-19)21-23(26-13-12-24-21)30-20-9-2-1-3-10-20/h1-3,9-10,12-13,19H,4-8,11,14-18H2,(H,25,29)/t19-/m1/s1. The Bertz CT molecular complexity index is 812. The van der Waals surface area contributed by atoms with Crippen LogP contribution in [0, 0.1) is 5.92 Å². The number of benzene rings is 1. The zero-order chi connectivity index (χ0) is 20.6. The number of hydrogen-bond acceptors (Lipinski definition) is 6. The van der Waals surface area contributed by atoms with Gasteiger partial charge in [-0.25, -0.2) is 9.97 Å². The highest BCUT2D eigenvalue weighted by molar-refractivity contribution is 7.99. The maximum absolute atomic E-state index is 12.8. The Morgan fingerprint density at radius 3 is 2.70 bits per heavy atom. The van der Waals surface area contributed by atoms with Crippen molar-refractivity contribution in [1.29, 1.82) is 0 Å². The summed E-state index contributed by atoms with van der Waals surface area (Å²) >= 11 is 1.63. The van der Waals surface area contributed by atoms with Crippen molar-refractivity contribution in [3.8, 4) is 0 Å². The fourth-order valence-electron chi connectivity index (χ4n) is 4.26. The van der Waals surface area contributed by atoms with E-state index in [2.05, 4.69) is 37.2 Å². The molecular weight excluding hydrogens is 394 g/mol. The second kappa shape index (κ2) is 10.8. The smallest absolute Gasteiger partial charge is 0.224 e. The van der Waals surface area contributed by atoms with Gasteiger partial charge in [0.2, 0.25) is 5.91 Å². The number of piperidine rings is 1. The lowest BCUT2D eigenvalue weighted by atomic mass is 9.97. The molecule has 3 heterocycles. The van der Waals surface area contributed by atoms with Crippen LogP contribution in [0.15, 0.2) is 52.6 Å². The molecular formula is C23H31N5OS. The average molecular weight is 426 g/mol. The van der Waals surface area contributed by atoms with Crippen molar-refractivity contribution in [3.05, 3.63) is 42.7 Å². The van der Waals surface area contributed by atoms with Gasteiger partial charge in [0.25, 0.3) is 0 Å². The van der Waals surface area contributed by atoms with Crippen LogP contribution in [0.2, 0.25) is 0 Å². The third kappa shape index (κ3) is 5.73. The van der Waals surface area contributed by atoms with E-state index < -0.39 is 0 Å². The molecule has 30 heavy (non-hydrogen) atoms. The Labute approximate surface area is 183 Å². The lowest BCUT2D eigenvalue weighted by Crippen LogP contribution is -2.44. The molecule has 2 saturated heterocycles. The van der Waals surface area contributed by atoms with Gasteiger partial charge < -0.3 is 15.1 Å². The minimum atomic E-state index is 0.0159. The highest BCUT2D eigenvalue weighted by Crippen LogP contribution is 2.33.